The molecule has 1 aliphatic carbocycles. The van der Waals surface area contributed by atoms with Gasteiger partial charge in [0.05, 0.1) is 5.92 Å². The van der Waals surface area contributed by atoms with E-state index in [9.17, 15) is 14.4 Å². The number of benzene rings is 2. The maximum Gasteiger partial charge on any atom is 0.205 e. The number of aryl methyl sites for hydroxylation is 1. The second kappa shape index (κ2) is 6.97. The molecule has 2 atom stereocenters. The number of Topliss-reactive ketones (excluding diaryl/α,β-unsaturated/α-hetero) is 1. The van der Waals surface area contributed by atoms with Gasteiger partial charge in [-0.3, -0.25) is 4.79 Å². The van der Waals surface area contributed by atoms with Crippen LogP contribution in [-0.2, 0) is 9.53 Å². The van der Waals surface area contributed by atoms with Crippen LogP contribution in [0.1, 0.15) is 41.4 Å². The first-order chi connectivity index (χ1) is 13.5. The van der Waals surface area contributed by atoms with Gasteiger partial charge >= 0.3 is 0 Å². The summed E-state index contributed by atoms with van der Waals surface area (Å²) in [5.74, 6) is -0.560. The minimum atomic E-state index is -0.624. The van der Waals surface area contributed by atoms with Gasteiger partial charge in [0.15, 0.2) is 5.78 Å². The van der Waals surface area contributed by atoms with Crippen LogP contribution in [-0.4, -0.2) is 5.78 Å². The van der Waals surface area contributed by atoms with E-state index in [1.54, 1.807) is 12.1 Å². The third-order valence-corrected chi connectivity index (χ3v) is 5.41. The number of halogens is 1. The molecule has 0 saturated heterocycles. The summed E-state index contributed by atoms with van der Waals surface area (Å²) in [4.78, 5) is 13.1. The molecule has 4 nitrogen and oxygen atoms in total. The zero-order chi connectivity index (χ0) is 19.8. The van der Waals surface area contributed by atoms with Crippen LogP contribution < -0.4 is 5.73 Å². The zero-order valence-electron chi connectivity index (χ0n) is 15.4. The van der Waals surface area contributed by atoms with Crippen molar-refractivity contribution in [2.75, 3.05) is 0 Å². The van der Waals surface area contributed by atoms with Crippen molar-refractivity contribution >= 4 is 5.78 Å². The number of nitrogens with two attached hydrogens (primary N) is 1. The Labute approximate surface area is 162 Å². The molecule has 1 heterocycles. The Hall–Kier alpha value is -3.39. The van der Waals surface area contributed by atoms with Gasteiger partial charge in [-0.05, 0) is 36.1 Å². The Bertz CT molecular complexity index is 1040. The summed E-state index contributed by atoms with van der Waals surface area (Å²) < 4.78 is 19.1. The molecule has 0 amide bonds. The zero-order valence-corrected chi connectivity index (χ0v) is 15.4. The summed E-state index contributed by atoms with van der Waals surface area (Å²) >= 11 is 0. The molecule has 4 rings (SSSR count). The lowest BCUT2D eigenvalue weighted by atomic mass is 9.73. The van der Waals surface area contributed by atoms with E-state index < -0.39 is 5.92 Å². The summed E-state index contributed by atoms with van der Waals surface area (Å²) in [7, 11) is 0. The van der Waals surface area contributed by atoms with Crippen molar-refractivity contribution in [3.63, 3.8) is 0 Å². The fraction of sp³-hybridized carbons (Fsp3) is 0.217. The van der Waals surface area contributed by atoms with Crippen molar-refractivity contribution < 1.29 is 13.9 Å². The average Bonchev–Trinajstić information content (AvgIpc) is 2.68. The first-order valence-corrected chi connectivity index (χ1v) is 9.13. The Morgan fingerprint density at radius 2 is 1.71 bits per heavy atom. The second-order valence-electron chi connectivity index (χ2n) is 7.25. The highest BCUT2D eigenvalue weighted by atomic mass is 19.1. The van der Waals surface area contributed by atoms with E-state index in [0.29, 0.717) is 29.7 Å². The monoisotopic (exact) mass is 374 g/mol. The summed E-state index contributed by atoms with van der Waals surface area (Å²) in [6.07, 6.45) is 0.864. The minimum Gasteiger partial charge on any atom is -0.444 e. The maximum atomic E-state index is 13.4. The number of nitrogens with zero attached hydrogens (tertiary/aromatic N) is 1. The van der Waals surface area contributed by atoms with Crippen LogP contribution in [0, 0.1) is 24.1 Å². The van der Waals surface area contributed by atoms with E-state index in [-0.39, 0.29) is 29.0 Å². The molecular weight excluding hydrogens is 355 g/mol. The van der Waals surface area contributed by atoms with Crippen molar-refractivity contribution in [2.45, 2.75) is 31.6 Å². The van der Waals surface area contributed by atoms with Crippen LogP contribution in [0.3, 0.4) is 0 Å². The number of carbonyl (C=O) groups excluding carboxylic acids is 1. The van der Waals surface area contributed by atoms with Gasteiger partial charge < -0.3 is 10.5 Å². The number of hydrogen-bond donors (Lipinski definition) is 1. The fourth-order valence-electron chi connectivity index (χ4n) is 3.97. The molecule has 5 heteroatoms. The average molecular weight is 374 g/mol. The molecule has 1 aliphatic heterocycles. The lowest BCUT2D eigenvalue weighted by Crippen LogP contribution is -2.29. The highest BCUT2D eigenvalue weighted by Gasteiger charge is 2.40. The van der Waals surface area contributed by atoms with Crippen LogP contribution in [0.25, 0.3) is 0 Å². The van der Waals surface area contributed by atoms with Crippen LogP contribution in [0.4, 0.5) is 4.39 Å². The topological polar surface area (TPSA) is 76.1 Å². The van der Waals surface area contributed by atoms with E-state index >= 15 is 0 Å². The molecule has 2 aromatic rings. The minimum absolute atomic E-state index is 0.00264. The molecule has 0 unspecified atom stereocenters. The number of rotatable bonds is 2. The van der Waals surface area contributed by atoms with Crippen molar-refractivity contribution in [2.24, 2.45) is 5.73 Å². The molecule has 2 N–H and O–H groups in total. The summed E-state index contributed by atoms with van der Waals surface area (Å²) in [6, 6.07) is 16.0. The predicted molar refractivity (Wildman–Crippen MR) is 102 cm³/mol. The quantitative estimate of drug-likeness (QED) is 0.848. The van der Waals surface area contributed by atoms with E-state index in [0.717, 1.165) is 11.1 Å². The van der Waals surface area contributed by atoms with E-state index in [1.807, 2.05) is 31.2 Å². The van der Waals surface area contributed by atoms with Gasteiger partial charge in [0.2, 0.25) is 5.88 Å². The van der Waals surface area contributed by atoms with Gasteiger partial charge in [-0.1, -0.05) is 42.0 Å². The summed E-state index contributed by atoms with van der Waals surface area (Å²) in [5, 5.41) is 9.60. The molecule has 0 bridgehead atoms. The molecular formula is C23H19FN2O2. The van der Waals surface area contributed by atoms with Gasteiger partial charge in [-0.15, -0.1) is 0 Å². The lowest BCUT2D eigenvalue weighted by Gasteiger charge is -2.34. The highest BCUT2D eigenvalue weighted by molar-refractivity contribution is 6.00. The van der Waals surface area contributed by atoms with Gasteiger partial charge in [0.25, 0.3) is 0 Å². The summed E-state index contributed by atoms with van der Waals surface area (Å²) in [6.45, 7) is 2.02. The number of allylic oxidation sites excluding steroid dienone is 3. The van der Waals surface area contributed by atoms with E-state index in [4.69, 9.17) is 10.5 Å². The maximum absolute atomic E-state index is 13.4. The number of ether oxygens (including phenoxy) is 1. The molecule has 0 fully saturated rings. The standard InChI is InChI=1S/C23H19FN2O2/c1-13-2-4-14(5-3-13)16-10-19(27)22-20(11-16)28-23(26)18(12-25)21(22)15-6-8-17(24)9-7-15/h2-9,16,21H,10-11,26H2,1H3/t16-,21+/m0/s1. The first-order valence-electron chi connectivity index (χ1n) is 9.13. The predicted octanol–water partition coefficient (Wildman–Crippen LogP) is 4.34. The fourth-order valence-corrected chi connectivity index (χ4v) is 3.97. The number of carbonyl (C=O) groups is 1. The van der Waals surface area contributed by atoms with Gasteiger partial charge in [-0.2, -0.15) is 5.26 Å². The van der Waals surface area contributed by atoms with Crippen LogP contribution in [0.5, 0.6) is 0 Å². The third kappa shape index (κ3) is 3.07. The number of ketones is 1. The van der Waals surface area contributed by atoms with Gasteiger partial charge in [0, 0.05) is 18.4 Å². The summed E-state index contributed by atoms with van der Waals surface area (Å²) in [5.41, 5.74) is 9.54. The van der Waals surface area contributed by atoms with Crippen molar-refractivity contribution in [3.8, 4) is 6.07 Å². The third-order valence-electron chi connectivity index (χ3n) is 5.41. The molecule has 0 spiro atoms. The number of hydrogen-bond acceptors (Lipinski definition) is 4. The smallest absolute Gasteiger partial charge is 0.205 e. The Morgan fingerprint density at radius 1 is 1.07 bits per heavy atom. The van der Waals surface area contributed by atoms with E-state index in [1.165, 1.54) is 12.1 Å². The molecule has 0 saturated carbocycles. The van der Waals surface area contributed by atoms with Crippen molar-refractivity contribution in [1.82, 2.24) is 0 Å². The van der Waals surface area contributed by atoms with Gasteiger partial charge in [-0.25, -0.2) is 4.39 Å². The normalized spacial score (nSPS) is 21.8. The molecule has 140 valence electrons. The second-order valence-corrected chi connectivity index (χ2v) is 7.25. The van der Waals surface area contributed by atoms with Crippen molar-refractivity contribution in [1.29, 1.82) is 5.26 Å². The first kappa shape index (κ1) is 18.0. The van der Waals surface area contributed by atoms with Crippen LogP contribution in [0.2, 0.25) is 0 Å². The molecule has 2 aliphatic rings. The Kier molecular flexibility index (Phi) is 4.48. The van der Waals surface area contributed by atoms with Crippen molar-refractivity contribution in [3.05, 3.63) is 93.8 Å². The van der Waals surface area contributed by atoms with Crippen LogP contribution in [0.15, 0.2) is 71.3 Å². The SMILES string of the molecule is Cc1ccc([C@H]2CC(=O)C3=C(C2)OC(N)=C(C#N)[C@H]3c2ccc(F)cc2)cc1. The number of nitriles is 1. The van der Waals surface area contributed by atoms with Crippen LogP contribution >= 0.6 is 0 Å². The lowest BCUT2D eigenvalue weighted by molar-refractivity contribution is -0.117. The van der Waals surface area contributed by atoms with E-state index in [2.05, 4.69) is 6.07 Å². The molecule has 2 aromatic carbocycles. The molecule has 28 heavy (non-hydrogen) atoms. The molecule has 0 aromatic heterocycles. The Balaban J connectivity index is 1.77. The highest BCUT2D eigenvalue weighted by Crippen LogP contribution is 2.46. The largest absolute Gasteiger partial charge is 0.444 e. The molecule has 0 radical (unpaired) electrons. The Morgan fingerprint density at radius 3 is 2.36 bits per heavy atom. The van der Waals surface area contributed by atoms with Gasteiger partial charge in [0.1, 0.15) is 23.2 Å².